The Hall–Kier alpha value is -1.78. The first-order valence-corrected chi connectivity index (χ1v) is 9.45. The van der Waals surface area contributed by atoms with Gasteiger partial charge in [0.15, 0.2) is 27.2 Å². The molecule has 1 fully saturated rings. The molecule has 28 heavy (non-hydrogen) atoms. The molecule has 0 unspecified atom stereocenters. The maximum absolute atomic E-state index is 12.4. The minimum Gasteiger partial charge on any atom is -0.731 e. The molecule has 0 spiro atoms. The molecular weight excluding hydrogens is 429 g/mol. The van der Waals surface area contributed by atoms with Crippen LogP contribution in [0.1, 0.15) is 12.6 Å². The van der Waals surface area contributed by atoms with E-state index in [0.717, 1.165) is 18.4 Å². The summed E-state index contributed by atoms with van der Waals surface area (Å²) in [6.45, 7) is 1.31. The summed E-state index contributed by atoms with van der Waals surface area (Å²) in [4.78, 5) is 44.8. The number of ether oxygens (including phenoxy) is 1. The third-order valence-electron chi connectivity index (χ3n) is 3.27. The van der Waals surface area contributed by atoms with Gasteiger partial charge in [-0.3, -0.25) is 9.59 Å². The van der Waals surface area contributed by atoms with Crippen molar-refractivity contribution in [3.8, 4) is 0 Å². The first-order chi connectivity index (χ1) is 12.6. The zero-order valence-corrected chi connectivity index (χ0v) is 18.6. The molecule has 0 aliphatic carbocycles. The average Bonchev–Trinajstić information content (AvgIpc) is 2.99. The van der Waals surface area contributed by atoms with Crippen LogP contribution >= 0.6 is 11.3 Å². The number of hydrogen-bond acceptors (Lipinski definition) is 12. The largest absolute Gasteiger partial charge is 1.00 e. The Morgan fingerprint density at radius 3 is 2.61 bits per heavy atom. The van der Waals surface area contributed by atoms with Gasteiger partial charge in [0.05, 0.1) is 6.61 Å². The van der Waals surface area contributed by atoms with Gasteiger partial charge in [0.2, 0.25) is 0 Å². The Bertz CT molecular complexity index is 902. The number of nitrogen functional groups attached to an aromatic ring is 1. The summed E-state index contributed by atoms with van der Waals surface area (Å²) in [7, 11) is -4.12. The number of aromatic nitrogens is 1. The van der Waals surface area contributed by atoms with Crippen LogP contribution in [0.25, 0.3) is 0 Å². The molecule has 2 rings (SSSR count). The van der Waals surface area contributed by atoms with Crippen molar-refractivity contribution in [2.24, 2.45) is 5.16 Å². The number of carbonyl (C=O) groups is 3. The van der Waals surface area contributed by atoms with Crippen LogP contribution < -0.4 is 40.6 Å². The van der Waals surface area contributed by atoms with E-state index in [1.807, 2.05) is 0 Å². The first-order valence-electron chi connectivity index (χ1n) is 7.20. The fourth-order valence-corrected chi connectivity index (χ4v) is 3.58. The molecule has 13 nitrogen and oxygen atoms in total. The zero-order valence-electron chi connectivity index (χ0n) is 14.9. The van der Waals surface area contributed by atoms with E-state index < -0.39 is 40.2 Å². The van der Waals surface area contributed by atoms with Crippen molar-refractivity contribution in [2.45, 2.75) is 19.0 Å². The summed E-state index contributed by atoms with van der Waals surface area (Å²) in [6, 6.07) is -3.47. The van der Waals surface area contributed by atoms with Crippen LogP contribution in [0.4, 0.5) is 5.13 Å². The number of hydrogen-bond donors (Lipinski definition) is 2. The summed E-state index contributed by atoms with van der Waals surface area (Å²) in [5.74, 6) is -3.45. The number of amides is 2. The number of esters is 1. The summed E-state index contributed by atoms with van der Waals surface area (Å²) in [5.41, 5.74) is 5.15. The van der Waals surface area contributed by atoms with Crippen LogP contribution in [-0.2, 0) is 34.3 Å². The molecule has 2 atom stereocenters. The van der Waals surface area contributed by atoms with E-state index in [0.29, 0.717) is 0 Å². The van der Waals surface area contributed by atoms with Crippen LogP contribution in [-0.4, -0.2) is 71.6 Å². The molecule has 1 aliphatic rings. The van der Waals surface area contributed by atoms with Crippen LogP contribution in [0.3, 0.4) is 0 Å². The minimum atomic E-state index is -5.28. The predicted octanol–water partition coefficient (Wildman–Crippen LogP) is -5.20. The number of carbonyl (C=O) groups excluding carboxylic acids is 3. The fourth-order valence-electron chi connectivity index (χ4n) is 2.21. The maximum Gasteiger partial charge on any atom is 1.00 e. The molecule has 3 N–H and O–H groups in total. The summed E-state index contributed by atoms with van der Waals surface area (Å²) in [5, 5.41) is 7.15. The van der Waals surface area contributed by atoms with Gasteiger partial charge in [0.25, 0.3) is 11.8 Å². The van der Waals surface area contributed by atoms with Crippen molar-refractivity contribution in [1.82, 2.24) is 14.6 Å². The minimum absolute atomic E-state index is 0. The number of nitrogens with two attached hydrogens (primary N) is 1. The Morgan fingerprint density at radius 2 is 2.14 bits per heavy atom. The molecule has 2 heterocycles. The number of nitrogens with zero attached hydrogens (tertiary/aromatic N) is 3. The summed E-state index contributed by atoms with van der Waals surface area (Å²) in [6.07, 6.45) is 0. The number of nitrogens with one attached hydrogen (secondary N) is 1. The van der Waals surface area contributed by atoms with Crippen molar-refractivity contribution in [3.05, 3.63) is 11.1 Å². The van der Waals surface area contributed by atoms with Gasteiger partial charge in [-0.05, 0) is 6.92 Å². The first kappa shape index (κ1) is 24.3. The SMILES string of the molecule is CCOC(=O)[C@H]1[C@@H](NC(=O)/C(=N\OC)c2csc(N)n2)C(=O)N1S(=O)(=O)[O-].[Na+]. The Morgan fingerprint density at radius 1 is 1.50 bits per heavy atom. The smallest absolute Gasteiger partial charge is 0.731 e. The molecule has 148 valence electrons. The van der Waals surface area contributed by atoms with Gasteiger partial charge in [-0.25, -0.2) is 22.5 Å². The van der Waals surface area contributed by atoms with Crippen LogP contribution in [0.15, 0.2) is 10.5 Å². The quantitative estimate of drug-likeness (QED) is 0.103. The van der Waals surface area contributed by atoms with Crippen molar-refractivity contribution in [3.63, 3.8) is 0 Å². The van der Waals surface area contributed by atoms with Crippen molar-refractivity contribution < 1.29 is 66.5 Å². The summed E-state index contributed by atoms with van der Waals surface area (Å²) >= 11 is 1.01. The third kappa shape index (κ3) is 4.98. The molecule has 1 aliphatic heterocycles. The second-order valence-electron chi connectivity index (χ2n) is 4.93. The molecular formula is C12H14N5NaO8S2. The van der Waals surface area contributed by atoms with E-state index in [4.69, 9.17) is 5.73 Å². The Kier molecular flexibility index (Phi) is 8.33. The van der Waals surface area contributed by atoms with Gasteiger partial charge in [-0.2, -0.15) is 0 Å². The van der Waals surface area contributed by atoms with Crippen LogP contribution in [0.5, 0.6) is 0 Å². The molecule has 0 radical (unpaired) electrons. The second-order valence-corrected chi connectivity index (χ2v) is 7.07. The number of β-lactam (4-membered cyclic amide) rings is 1. The zero-order chi connectivity index (χ0) is 20.4. The van der Waals surface area contributed by atoms with E-state index in [9.17, 15) is 27.4 Å². The van der Waals surface area contributed by atoms with Crippen molar-refractivity contribution in [2.75, 3.05) is 19.5 Å². The Balaban J connectivity index is 0.00000392. The topological polar surface area (TPSA) is 193 Å². The molecule has 2 amide bonds. The number of anilines is 1. The normalized spacial score (nSPS) is 19.3. The van der Waals surface area contributed by atoms with Gasteiger partial charge < -0.3 is 25.2 Å². The maximum atomic E-state index is 12.4. The predicted molar refractivity (Wildman–Crippen MR) is 89.0 cm³/mol. The fraction of sp³-hybridized carbons (Fsp3) is 0.417. The van der Waals surface area contributed by atoms with Crippen molar-refractivity contribution >= 4 is 50.3 Å². The molecule has 0 saturated carbocycles. The van der Waals surface area contributed by atoms with Gasteiger partial charge in [0, 0.05) is 5.38 Å². The van der Waals surface area contributed by atoms with Crippen LogP contribution in [0, 0.1) is 0 Å². The standard InChI is InChI=1S/C12H15N5O8S2.Na/c1-3-25-11(20)8-7(10(19)17(8)27(21,22)23)15-9(18)6(16-24-2)5-4-26-12(13)14-5;/h4,7-8H,3H2,1-2H3,(H2,13,14)(H,15,18)(H,21,22,23);/q;+1/p-1/b16-6-;/t7-,8-;/m1./s1. The number of thiazole rings is 1. The average molecular weight is 443 g/mol. The third-order valence-corrected chi connectivity index (χ3v) is 4.83. The van der Waals surface area contributed by atoms with Gasteiger partial charge in [0.1, 0.15) is 18.8 Å². The molecule has 0 bridgehead atoms. The van der Waals surface area contributed by atoms with Gasteiger partial charge >= 0.3 is 35.5 Å². The van der Waals surface area contributed by atoms with E-state index in [2.05, 4.69) is 25.0 Å². The van der Waals surface area contributed by atoms with E-state index in [1.54, 1.807) is 0 Å². The molecule has 1 aromatic rings. The molecule has 16 heteroatoms. The van der Waals surface area contributed by atoms with Crippen LogP contribution in [0.2, 0.25) is 0 Å². The molecule has 0 aromatic carbocycles. The van der Waals surface area contributed by atoms with Gasteiger partial charge in [-0.15, -0.1) is 11.3 Å². The van der Waals surface area contributed by atoms with E-state index >= 15 is 0 Å². The Labute approximate surface area is 185 Å². The van der Waals surface area contributed by atoms with E-state index in [1.165, 1.54) is 12.3 Å². The van der Waals surface area contributed by atoms with E-state index in [-0.39, 0.29) is 57.0 Å². The second kappa shape index (κ2) is 9.62. The van der Waals surface area contributed by atoms with Gasteiger partial charge in [-0.1, -0.05) is 5.16 Å². The van der Waals surface area contributed by atoms with Crippen molar-refractivity contribution in [1.29, 1.82) is 0 Å². The summed E-state index contributed by atoms with van der Waals surface area (Å²) < 4.78 is 38.1. The number of rotatable bonds is 7. The molecule has 1 aromatic heterocycles. The molecule has 1 saturated heterocycles. The number of oxime groups is 1. The monoisotopic (exact) mass is 443 g/mol.